The molecule has 0 amide bonds. The molecular weight excluding hydrogens is 202 g/mol. The highest BCUT2D eigenvalue weighted by molar-refractivity contribution is 5.44. The van der Waals surface area contributed by atoms with Crippen LogP contribution < -0.4 is 11.1 Å². The largest absolute Gasteiger partial charge is 0.396 e. The van der Waals surface area contributed by atoms with Crippen molar-refractivity contribution in [2.45, 2.75) is 25.3 Å². The zero-order valence-electron chi connectivity index (χ0n) is 9.06. The van der Waals surface area contributed by atoms with Gasteiger partial charge < -0.3 is 11.1 Å². The van der Waals surface area contributed by atoms with E-state index in [0.29, 0.717) is 11.7 Å². The Bertz CT molecular complexity index is 498. The normalized spacial score (nSPS) is 21.4. The van der Waals surface area contributed by atoms with Gasteiger partial charge in [-0.05, 0) is 19.4 Å². The molecule has 2 aromatic heterocycles. The van der Waals surface area contributed by atoms with E-state index in [1.807, 2.05) is 6.07 Å². The maximum Gasteiger partial charge on any atom is 0.155 e. The predicted octanol–water partition coefficient (Wildman–Crippen LogP) is 1.13. The molecule has 3 N–H and O–H groups in total. The zero-order chi connectivity index (χ0) is 11.0. The Labute approximate surface area is 93.7 Å². The Hall–Kier alpha value is -1.62. The molecule has 1 atom stereocenters. The molecular formula is C11H15N5. The second-order valence-corrected chi connectivity index (χ2v) is 4.26. The lowest BCUT2D eigenvalue weighted by atomic mass is 10.0. The van der Waals surface area contributed by atoms with E-state index < -0.39 is 0 Å². The first-order valence-electron chi connectivity index (χ1n) is 5.67. The fraction of sp³-hybridized carbons (Fsp3) is 0.455. The van der Waals surface area contributed by atoms with E-state index in [1.54, 1.807) is 16.9 Å². The van der Waals surface area contributed by atoms with Crippen LogP contribution in [0.3, 0.4) is 0 Å². The van der Waals surface area contributed by atoms with Crippen molar-refractivity contribution in [3.63, 3.8) is 0 Å². The number of aromatic nitrogens is 3. The van der Waals surface area contributed by atoms with Crippen LogP contribution in [0.15, 0.2) is 18.5 Å². The molecule has 1 aliphatic rings. The maximum atomic E-state index is 5.67. The number of anilines is 1. The Morgan fingerprint density at radius 2 is 2.38 bits per heavy atom. The maximum absolute atomic E-state index is 5.67. The van der Waals surface area contributed by atoms with E-state index in [4.69, 9.17) is 5.73 Å². The minimum atomic E-state index is 0.372. The molecule has 0 aliphatic carbocycles. The smallest absolute Gasteiger partial charge is 0.155 e. The quantitative estimate of drug-likeness (QED) is 0.751. The second kappa shape index (κ2) is 3.75. The number of rotatable bonds is 1. The molecule has 1 unspecified atom stereocenters. The number of nitrogens with zero attached hydrogens (tertiary/aromatic N) is 3. The SMILES string of the molecule is Nc1cnc2cc(C3CCCCN3)nn2c1. The van der Waals surface area contributed by atoms with Crippen LogP contribution >= 0.6 is 0 Å². The van der Waals surface area contributed by atoms with Crippen LogP contribution in [0.2, 0.25) is 0 Å². The summed E-state index contributed by atoms with van der Waals surface area (Å²) in [4.78, 5) is 4.24. The van der Waals surface area contributed by atoms with Gasteiger partial charge in [0, 0.05) is 6.07 Å². The van der Waals surface area contributed by atoms with Gasteiger partial charge in [0.2, 0.25) is 0 Å². The summed E-state index contributed by atoms with van der Waals surface area (Å²) in [5, 5.41) is 7.98. The summed E-state index contributed by atoms with van der Waals surface area (Å²) in [6, 6.07) is 2.40. The van der Waals surface area contributed by atoms with Gasteiger partial charge in [-0.15, -0.1) is 0 Å². The highest BCUT2D eigenvalue weighted by Crippen LogP contribution is 2.22. The van der Waals surface area contributed by atoms with Gasteiger partial charge >= 0.3 is 0 Å². The van der Waals surface area contributed by atoms with Crippen LogP contribution in [-0.4, -0.2) is 21.1 Å². The summed E-state index contributed by atoms with van der Waals surface area (Å²) in [6.45, 7) is 1.08. The molecule has 5 nitrogen and oxygen atoms in total. The van der Waals surface area contributed by atoms with Crippen molar-refractivity contribution in [1.82, 2.24) is 19.9 Å². The van der Waals surface area contributed by atoms with Crippen LogP contribution in [0.5, 0.6) is 0 Å². The van der Waals surface area contributed by atoms with Crippen molar-refractivity contribution < 1.29 is 0 Å². The molecule has 1 saturated heterocycles. The minimum absolute atomic E-state index is 0.372. The molecule has 0 spiro atoms. The van der Waals surface area contributed by atoms with Crippen molar-refractivity contribution in [2.24, 2.45) is 0 Å². The molecule has 16 heavy (non-hydrogen) atoms. The fourth-order valence-electron chi connectivity index (χ4n) is 2.18. The van der Waals surface area contributed by atoms with E-state index in [-0.39, 0.29) is 0 Å². The molecule has 1 fully saturated rings. The monoisotopic (exact) mass is 217 g/mol. The molecule has 0 bridgehead atoms. The van der Waals surface area contributed by atoms with Crippen molar-refractivity contribution >= 4 is 11.3 Å². The third kappa shape index (κ3) is 1.63. The van der Waals surface area contributed by atoms with E-state index in [9.17, 15) is 0 Å². The van der Waals surface area contributed by atoms with Crippen LogP contribution in [-0.2, 0) is 0 Å². The molecule has 3 heterocycles. The summed E-state index contributed by atoms with van der Waals surface area (Å²) in [6.07, 6.45) is 7.14. The van der Waals surface area contributed by atoms with Gasteiger partial charge in [0.05, 0.1) is 29.8 Å². The first-order chi connectivity index (χ1) is 7.83. The first-order valence-corrected chi connectivity index (χ1v) is 5.67. The number of fused-ring (bicyclic) bond motifs is 1. The average molecular weight is 217 g/mol. The lowest BCUT2D eigenvalue weighted by Crippen LogP contribution is -2.27. The third-order valence-corrected chi connectivity index (χ3v) is 3.02. The lowest BCUT2D eigenvalue weighted by Gasteiger charge is -2.21. The fourth-order valence-corrected chi connectivity index (χ4v) is 2.18. The average Bonchev–Trinajstić information content (AvgIpc) is 2.73. The van der Waals surface area contributed by atoms with E-state index >= 15 is 0 Å². The van der Waals surface area contributed by atoms with Crippen molar-refractivity contribution in [3.05, 3.63) is 24.2 Å². The molecule has 84 valence electrons. The van der Waals surface area contributed by atoms with Gasteiger partial charge in [-0.3, -0.25) is 0 Å². The summed E-state index contributed by atoms with van der Waals surface area (Å²) in [5.74, 6) is 0. The molecule has 0 saturated carbocycles. The van der Waals surface area contributed by atoms with Crippen LogP contribution in [0.4, 0.5) is 5.69 Å². The molecule has 3 rings (SSSR count). The number of piperidine rings is 1. The molecule has 0 radical (unpaired) electrons. The summed E-state index contributed by atoms with van der Waals surface area (Å²) in [5.41, 5.74) is 8.24. The summed E-state index contributed by atoms with van der Waals surface area (Å²) in [7, 11) is 0. The number of hydrogen-bond acceptors (Lipinski definition) is 4. The van der Waals surface area contributed by atoms with Crippen LogP contribution in [0, 0.1) is 0 Å². The summed E-state index contributed by atoms with van der Waals surface area (Å²) >= 11 is 0. The summed E-state index contributed by atoms with van der Waals surface area (Å²) < 4.78 is 1.75. The van der Waals surface area contributed by atoms with Crippen LogP contribution in [0.1, 0.15) is 31.0 Å². The molecule has 1 aliphatic heterocycles. The van der Waals surface area contributed by atoms with Gasteiger partial charge in [0.25, 0.3) is 0 Å². The van der Waals surface area contributed by atoms with Gasteiger partial charge in [-0.1, -0.05) is 6.42 Å². The first kappa shape index (κ1) is 9.59. The predicted molar refractivity (Wildman–Crippen MR) is 62.0 cm³/mol. The molecule has 5 heteroatoms. The van der Waals surface area contributed by atoms with E-state index in [1.165, 1.54) is 12.8 Å². The van der Waals surface area contributed by atoms with Crippen molar-refractivity contribution in [3.8, 4) is 0 Å². The van der Waals surface area contributed by atoms with Gasteiger partial charge in [-0.25, -0.2) is 9.50 Å². The Morgan fingerprint density at radius 1 is 1.44 bits per heavy atom. The van der Waals surface area contributed by atoms with E-state index in [2.05, 4.69) is 15.4 Å². The van der Waals surface area contributed by atoms with Gasteiger partial charge in [0.15, 0.2) is 5.65 Å². The van der Waals surface area contributed by atoms with Crippen molar-refractivity contribution in [1.29, 1.82) is 0 Å². The third-order valence-electron chi connectivity index (χ3n) is 3.02. The zero-order valence-corrected chi connectivity index (χ0v) is 9.06. The van der Waals surface area contributed by atoms with Gasteiger partial charge in [0.1, 0.15) is 0 Å². The highest BCUT2D eigenvalue weighted by Gasteiger charge is 2.17. The number of nitrogen functional groups attached to an aromatic ring is 1. The van der Waals surface area contributed by atoms with Gasteiger partial charge in [-0.2, -0.15) is 5.10 Å². The lowest BCUT2D eigenvalue weighted by molar-refractivity contribution is 0.404. The number of nitrogens with two attached hydrogens (primary N) is 1. The van der Waals surface area contributed by atoms with E-state index in [0.717, 1.165) is 24.3 Å². The second-order valence-electron chi connectivity index (χ2n) is 4.26. The minimum Gasteiger partial charge on any atom is -0.396 e. The number of nitrogens with one attached hydrogen (secondary N) is 1. The topological polar surface area (TPSA) is 68.2 Å². The van der Waals surface area contributed by atoms with Crippen molar-refractivity contribution in [2.75, 3.05) is 12.3 Å². The Morgan fingerprint density at radius 3 is 3.19 bits per heavy atom. The highest BCUT2D eigenvalue weighted by atomic mass is 15.3. The molecule has 0 aromatic carbocycles. The standard InChI is InChI=1S/C11H15N5/c12-8-6-14-11-5-10(15-16(11)7-8)9-3-1-2-4-13-9/h5-7,9,13H,1-4,12H2. The Balaban J connectivity index is 1.97. The number of hydrogen-bond donors (Lipinski definition) is 2. The van der Waals surface area contributed by atoms with Crippen LogP contribution in [0.25, 0.3) is 5.65 Å². The molecule has 2 aromatic rings. The Kier molecular flexibility index (Phi) is 2.25.